The zero-order chi connectivity index (χ0) is 20.6. The highest BCUT2D eigenvalue weighted by molar-refractivity contribution is 7.96. The van der Waals surface area contributed by atoms with E-state index in [-0.39, 0.29) is 27.9 Å². The highest BCUT2D eigenvalue weighted by Gasteiger charge is 2.46. The van der Waals surface area contributed by atoms with Crippen molar-refractivity contribution in [2.45, 2.75) is 86.9 Å². The third-order valence-electron chi connectivity index (χ3n) is 6.05. The lowest BCUT2D eigenvalue weighted by Gasteiger charge is -2.26. The summed E-state index contributed by atoms with van der Waals surface area (Å²) in [5.41, 5.74) is 0.987. The number of nitrogens with one attached hydrogen (secondary N) is 1. The van der Waals surface area contributed by atoms with Crippen LogP contribution >= 0.6 is 0 Å². The molecule has 1 aliphatic heterocycles. The Hall–Kier alpha value is -0.920. The molecule has 2 fully saturated rings. The normalized spacial score (nSPS) is 26.8. The maximum absolute atomic E-state index is 13.3. The van der Waals surface area contributed by atoms with Crippen LogP contribution in [0.1, 0.15) is 64.9 Å². The molecule has 1 saturated carbocycles. The Kier molecular flexibility index (Phi) is 6.28. The van der Waals surface area contributed by atoms with Gasteiger partial charge in [0.2, 0.25) is 0 Å². The summed E-state index contributed by atoms with van der Waals surface area (Å²) in [6.45, 7) is 6.23. The monoisotopic (exact) mass is 427 g/mol. The van der Waals surface area contributed by atoms with E-state index in [1.807, 2.05) is 12.1 Å². The smallest absolute Gasteiger partial charge is 0.183 e. The SMILES string of the molecule is CC(C)(C)c1ccc(S(=O)(=O)[C@H]2CS(=O)(=O)C[C@@H]2NC2CCCCCC2)cc1. The largest absolute Gasteiger partial charge is 0.309 e. The van der Waals surface area contributed by atoms with Gasteiger partial charge in [-0.1, -0.05) is 58.6 Å². The molecule has 5 nitrogen and oxygen atoms in total. The molecule has 1 aromatic rings. The number of sulfone groups is 2. The van der Waals surface area contributed by atoms with Crippen LogP contribution in [0.15, 0.2) is 29.2 Å². The first kappa shape index (κ1) is 21.8. The van der Waals surface area contributed by atoms with Crippen molar-refractivity contribution in [2.75, 3.05) is 11.5 Å². The molecule has 1 aliphatic carbocycles. The maximum Gasteiger partial charge on any atom is 0.183 e. The van der Waals surface area contributed by atoms with Crippen LogP contribution in [0.3, 0.4) is 0 Å². The van der Waals surface area contributed by atoms with Crippen molar-refractivity contribution in [1.82, 2.24) is 5.32 Å². The molecule has 0 aromatic heterocycles. The van der Waals surface area contributed by atoms with Crippen molar-refractivity contribution in [3.63, 3.8) is 0 Å². The van der Waals surface area contributed by atoms with Crippen molar-refractivity contribution in [3.8, 4) is 0 Å². The lowest BCUT2D eigenvalue weighted by Crippen LogP contribution is -2.47. The number of rotatable bonds is 4. The summed E-state index contributed by atoms with van der Waals surface area (Å²) in [6.07, 6.45) is 6.60. The van der Waals surface area contributed by atoms with Crippen molar-refractivity contribution in [2.24, 2.45) is 0 Å². The molecule has 0 bridgehead atoms. The Labute approximate surface area is 170 Å². The Morgan fingerprint density at radius 2 is 1.50 bits per heavy atom. The Balaban J connectivity index is 1.85. The molecule has 1 heterocycles. The topological polar surface area (TPSA) is 80.3 Å². The minimum Gasteiger partial charge on any atom is -0.309 e. The second kappa shape index (κ2) is 8.07. The van der Waals surface area contributed by atoms with Crippen LogP contribution in [0.25, 0.3) is 0 Å². The van der Waals surface area contributed by atoms with Gasteiger partial charge in [-0.05, 0) is 36.0 Å². The van der Waals surface area contributed by atoms with Gasteiger partial charge in [-0.25, -0.2) is 16.8 Å². The number of hydrogen-bond acceptors (Lipinski definition) is 5. The molecule has 7 heteroatoms. The van der Waals surface area contributed by atoms with Crippen molar-refractivity contribution in [3.05, 3.63) is 29.8 Å². The van der Waals surface area contributed by atoms with Gasteiger partial charge in [0.05, 0.1) is 21.7 Å². The van der Waals surface area contributed by atoms with Crippen LogP contribution in [0, 0.1) is 0 Å². The molecule has 0 amide bonds. The first-order valence-corrected chi connectivity index (χ1v) is 13.7. The van der Waals surface area contributed by atoms with E-state index < -0.39 is 31.0 Å². The zero-order valence-corrected chi connectivity index (χ0v) is 18.8. The van der Waals surface area contributed by atoms with Gasteiger partial charge < -0.3 is 5.32 Å². The standard InChI is InChI=1S/C21H33NO4S2/c1-21(2,3)16-10-12-18(13-11-16)28(25,26)20-15-27(23,24)14-19(20)22-17-8-6-4-5-7-9-17/h10-13,17,19-20,22H,4-9,14-15H2,1-3H3/t19-,20-/m0/s1. The molecule has 28 heavy (non-hydrogen) atoms. The summed E-state index contributed by atoms with van der Waals surface area (Å²) in [4.78, 5) is 0.218. The molecular formula is C21H33NO4S2. The van der Waals surface area contributed by atoms with E-state index in [0.717, 1.165) is 31.2 Å². The van der Waals surface area contributed by atoms with Crippen molar-refractivity contribution >= 4 is 19.7 Å². The summed E-state index contributed by atoms with van der Waals surface area (Å²) in [7, 11) is -7.09. The Morgan fingerprint density at radius 3 is 2.04 bits per heavy atom. The molecule has 1 aromatic carbocycles. The summed E-state index contributed by atoms with van der Waals surface area (Å²) >= 11 is 0. The molecule has 3 rings (SSSR count). The predicted molar refractivity (Wildman–Crippen MR) is 113 cm³/mol. The maximum atomic E-state index is 13.3. The molecule has 1 saturated heterocycles. The van der Waals surface area contributed by atoms with Crippen LogP contribution in [-0.4, -0.2) is 45.7 Å². The van der Waals surface area contributed by atoms with Crippen molar-refractivity contribution in [1.29, 1.82) is 0 Å². The summed E-state index contributed by atoms with van der Waals surface area (Å²) < 4.78 is 51.2. The van der Waals surface area contributed by atoms with Crippen LogP contribution in [0.5, 0.6) is 0 Å². The fourth-order valence-corrected chi connectivity index (χ4v) is 9.02. The fraction of sp³-hybridized carbons (Fsp3) is 0.714. The molecule has 2 aliphatic rings. The Bertz CT molecular complexity index is 875. The fourth-order valence-electron chi connectivity index (χ4n) is 4.34. The molecular weight excluding hydrogens is 394 g/mol. The van der Waals surface area contributed by atoms with Crippen LogP contribution in [0.2, 0.25) is 0 Å². The summed E-state index contributed by atoms with van der Waals surface area (Å²) in [5, 5.41) is 2.50. The van der Waals surface area contributed by atoms with E-state index in [2.05, 4.69) is 26.1 Å². The Morgan fingerprint density at radius 1 is 0.929 bits per heavy atom. The average molecular weight is 428 g/mol. The summed E-state index contributed by atoms with van der Waals surface area (Å²) in [6, 6.07) is 6.61. The second-order valence-corrected chi connectivity index (χ2v) is 13.7. The van der Waals surface area contributed by atoms with Gasteiger partial charge >= 0.3 is 0 Å². The van der Waals surface area contributed by atoms with E-state index in [9.17, 15) is 16.8 Å². The molecule has 0 unspecified atom stereocenters. The molecule has 1 N–H and O–H groups in total. The second-order valence-electron chi connectivity index (χ2n) is 9.40. The van der Waals surface area contributed by atoms with Gasteiger partial charge in [-0.3, -0.25) is 0 Å². The van der Waals surface area contributed by atoms with Gasteiger partial charge in [0.25, 0.3) is 0 Å². The van der Waals surface area contributed by atoms with E-state index in [1.165, 1.54) is 12.8 Å². The van der Waals surface area contributed by atoms with Gasteiger partial charge in [0.1, 0.15) is 0 Å². The van der Waals surface area contributed by atoms with E-state index in [4.69, 9.17) is 0 Å². The summed E-state index contributed by atoms with van der Waals surface area (Å²) in [5.74, 6) is -0.381. The van der Waals surface area contributed by atoms with E-state index >= 15 is 0 Å². The highest BCUT2D eigenvalue weighted by atomic mass is 32.2. The van der Waals surface area contributed by atoms with Crippen molar-refractivity contribution < 1.29 is 16.8 Å². The lowest BCUT2D eigenvalue weighted by molar-refractivity contribution is 0.408. The third kappa shape index (κ3) is 4.97. The zero-order valence-electron chi connectivity index (χ0n) is 17.1. The minimum absolute atomic E-state index is 0.0669. The van der Waals surface area contributed by atoms with E-state index in [1.54, 1.807) is 12.1 Å². The van der Waals surface area contributed by atoms with Gasteiger partial charge in [-0.2, -0.15) is 0 Å². The van der Waals surface area contributed by atoms with Gasteiger partial charge in [0.15, 0.2) is 19.7 Å². The average Bonchev–Trinajstić information content (AvgIpc) is 2.76. The molecule has 2 atom stereocenters. The third-order valence-corrected chi connectivity index (χ3v) is 10.2. The highest BCUT2D eigenvalue weighted by Crippen LogP contribution is 2.29. The van der Waals surface area contributed by atoms with Gasteiger partial charge in [-0.15, -0.1) is 0 Å². The van der Waals surface area contributed by atoms with Crippen LogP contribution in [-0.2, 0) is 25.1 Å². The molecule has 158 valence electrons. The molecule has 0 spiro atoms. The van der Waals surface area contributed by atoms with E-state index in [0.29, 0.717) is 0 Å². The predicted octanol–water partition coefficient (Wildman–Crippen LogP) is 3.24. The van der Waals surface area contributed by atoms with Crippen LogP contribution in [0.4, 0.5) is 0 Å². The number of hydrogen-bond donors (Lipinski definition) is 1. The molecule has 0 radical (unpaired) electrons. The van der Waals surface area contributed by atoms with Gasteiger partial charge in [0, 0.05) is 12.1 Å². The first-order valence-electron chi connectivity index (χ1n) is 10.3. The number of benzene rings is 1. The van der Waals surface area contributed by atoms with Crippen LogP contribution < -0.4 is 5.32 Å². The minimum atomic E-state index is -3.72. The first-order chi connectivity index (χ1) is 13.0. The quantitative estimate of drug-likeness (QED) is 0.746. The lowest BCUT2D eigenvalue weighted by atomic mass is 9.87.